The molecule has 1 heterocycles. The highest BCUT2D eigenvalue weighted by Crippen LogP contribution is 2.35. The van der Waals surface area contributed by atoms with Gasteiger partial charge in [0.1, 0.15) is 0 Å². The number of fused-ring (bicyclic) bond motifs is 1. The summed E-state index contributed by atoms with van der Waals surface area (Å²) in [5, 5.41) is 5.97. The van der Waals surface area contributed by atoms with E-state index in [1.54, 1.807) is 49.4 Å². The Kier molecular flexibility index (Phi) is 4.13. The van der Waals surface area contributed by atoms with Gasteiger partial charge in [-0.15, -0.1) is 0 Å². The topological polar surface area (TPSA) is 113 Å². The molecular formula is C17H18N4O3S. The van der Waals surface area contributed by atoms with Gasteiger partial charge in [0.05, 0.1) is 11.8 Å². The fourth-order valence-electron chi connectivity index (χ4n) is 2.67. The van der Waals surface area contributed by atoms with Gasteiger partial charge in [-0.2, -0.15) is 0 Å². The van der Waals surface area contributed by atoms with Crippen LogP contribution in [0.5, 0.6) is 0 Å². The zero-order chi connectivity index (χ0) is 18.2. The summed E-state index contributed by atoms with van der Waals surface area (Å²) >= 11 is 0. The van der Waals surface area contributed by atoms with Crippen molar-refractivity contribution >= 4 is 44.3 Å². The number of nitrogen functional groups attached to an aromatic ring is 1. The van der Waals surface area contributed by atoms with Crippen LogP contribution in [0.3, 0.4) is 0 Å². The smallest absolute Gasteiger partial charge is 0.258 e. The quantitative estimate of drug-likeness (QED) is 0.495. The third-order valence-corrected chi connectivity index (χ3v) is 4.29. The zero-order valence-corrected chi connectivity index (χ0v) is 14.6. The number of allylic oxidation sites excluding steroid dienone is 1. The summed E-state index contributed by atoms with van der Waals surface area (Å²) in [5.41, 5.74) is 10.3. The number of nitrogens with one attached hydrogen (secondary N) is 3. The number of carbonyl (C=O) groups is 1. The van der Waals surface area contributed by atoms with Crippen molar-refractivity contribution in [1.82, 2.24) is 0 Å². The van der Waals surface area contributed by atoms with E-state index < -0.39 is 10.0 Å². The van der Waals surface area contributed by atoms with Gasteiger partial charge < -0.3 is 16.4 Å². The van der Waals surface area contributed by atoms with E-state index in [4.69, 9.17) is 5.73 Å². The van der Waals surface area contributed by atoms with Crippen molar-refractivity contribution in [3.63, 3.8) is 0 Å². The van der Waals surface area contributed by atoms with Crippen LogP contribution in [0, 0.1) is 0 Å². The second-order valence-electron chi connectivity index (χ2n) is 5.84. The van der Waals surface area contributed by atoms with Crippen LogP contribution in [0.2, 0.25) is 0 Å². The Hall–Kier alpha value is -3.00. The Bertz CT molecular complexity index is 979. The summed E-state index contributed by atoms with van der Waals surface area (Å²) in [6.07, 6.45) is 1.09. The number of sulfonamides is 1. The fourth-order valence-corrected chi connectivity index (χ4v) is 3.24. The first-order valence-corrected chi connectivity index (χ1v) is 9.39. The second-order valence-corrected chi connectivity index (χ2v) is 7.58. The standard InChI is InChI=1S/C17H18N4O3S/c1-10(16-14-9-11(18)3-8-15(14)20-17(16)22)19-12-4-6-13(7-5-12)21-25(2,23)24/h3-9,19,21H,18H2,1-2H3,(H,20,22)/b16-10-. The lowest BCUT2D eigenvalue weighted by molar-refractivity contribution is -0.110. The molecule has 1 aliphatic heterocycles. The summed E-state index contributed by atoms with van der Waals surface area (Å²) in [4.78, 5) is 12.3. The van der Waals surface area contributed by atoms with E-state index >= 15 is 0 Å². The van der Waals surface area contributed by atoms with Crippen LogP contribution in [0.25, 0.3) is 5.57 Å². The van der Waals surface area contributed by atoms with E-state index in [-0.39, 0.29) is 5.91 Å². The first-order valence-electron chi connectivity index (χ1n) is 7.50. The van der Waals surface area contributed by atoms with Gasteiger partial charge in [-0.3, -0.25) is 9.52 Å². The Balaban J connectivity index is 1.87. The molecule has 0 spiro atoms. The molecule has 0 saturated heterocycles. The molecule has 0 bridgehead atoms. The van der Waals surface area contributed by atoms with Crippen LogP contribution in [0.4, 0.5) is 22.7 Å². The van der Waals surface area contributed by atoms with Crippen molar-refractivity contribution < 1.29 is 13.2 Å². The zero-order valence-electron chi connectivity index (χ0n) is 13.8. The van der Waals surface area contributed by atoms with Crippen LogP contribution < -0.4 is 21.1 Å². The van der Waals surface area contributed by atoms with Crippen LogP contribution in [-0.2, 0) is 14.8 Å². The average Bonchev–Trinajstić information content (AvgIpc) is 2.83. The molecule has 0 atom stereocenters. The highest BCUT2D eigenvalue weighted by atomic mass is 32.2. The Morgan fingerprint density at radius 3 is 2.36 bits per heavy atom. The summed E-state index contributed by atoms with van der Waals surface area (Å²) in [6, 6.07) is 12.0. The number of anilines is 4. The summed E-state index contributed by atoms with van der Waals surface area (Å²) < 4.78 is 24.9. The first kappa shape index (κ1) is 16.8. The maximum Gasteiger partial charge on any atom is 0.258 e. The molecule has 0 aliphatic carbocycles. The molecule has 25 heavy (non-hydrogen) atoms. The van der Waals surface area contributed by atoms with Gasteiger partial charge in [0.15, 0.2) is 0 Å². The van der Waals surface area contributed by atoms with Crippen LogP contribution in [0.1, 0.15) is 12.5 Å². The molecule has 0 aromatic heterocycles. The molecule has 1 amide bonds. The van der Waals surface area contributed by atoms with E-state index in [0.29, 0.717) is 22.6 Å². The number of rotatable bonds is 4. The van der Waals surface area contributed by atoms with Crippen molar-refractivity contribution in [3.05, 3.63) is 53.7 Å². The lowest BCUT2D eigenvalue weighted by atomic mass is 10.0. The predicted octanol–water partition coefficient (Wildman–Crippen LogP) is 2.44. The Morgan fingerprint density at radius 1 is 1.08 bits per heavy atom. The number of carbonyl (C=O) groups excluding carboxylic acids is 1. The third kappa shape index (κ3) is 3.74. The minimum Gasteiger partial charge on any atom is -0.399 e. The molecular weight excluding hydrogens is 340 g/mol. The molecule has 2 aromatic rings. The minimum atomic E-state index is -3.32. The molecule has 0 unspecified atom stereocenters. The predicted molar refractivity (Wildman–Crippen MR) is 101 cm³/mol. The number of nitrogens with two attached hydrogens (primary N) is 1. The van der Waals surface area contributed by atoms with Crippen molar-refractivity contribution in [3.8, 4) is 0 Å². The second kappa shape index (κ2) is 6.14. The van der Waals surface area contributed by atoms with E-state index in [1.807, 2.05) is 0 Å². The van der Waals surface area contributed by atoms with Gasteiger partial charge >= 0.3 is 0 Å². The number of amides is 1. The van der Waals surface area contributed by atoms with Crippen molar-refractivity contribution in [2.45, 2.75) is 6.92 Å². The fraction of sp³-hybridized carbons (Fsp3) is 0.118. The van der Waals surface area contributed by atoms with Crippen LogP contribution in [-0.4, -0.2) is 20.6 Å². The van der Waals surface area contributed by atoms with Gasteiger partial charge in [0.25, 0.3) is 5.91 Å². The maximum atomic E-state index is 12.3. The van der Waals surface area contributed by atoms with Gasteiger partial charge in [0.2, 0.25) is 10.0 Å². The molecule has 130 valence electrons. The average molecular weight is 358 g/mol. The minimum absolute atomic E-state index is 0.194. The van der Waals surface area contributed by atoms with Crippen molar-refractivity contribution in [1.29, 1.82) is 0 Å². The van der Waals surface area contributed by atoms with Gasteiger partial charge in [-0.05, 0) is 49.4 Å². The molecule has 0 radical (unpaired) electrons. The largest absolute Gasteiger partial charge is 0.399 e. The number of benzene rings is 2. The number of hydrogen-bond donors (Lipinski definition) is 4. The molecule has 2 aromatic carbocycles. The Labute approximate surface area is 146 Å². The normalized spacial score (nSPS) is 15.4. The van der Waals surface area contributed by atoms with Gasteiger partial charge in [-0.1, -0.05) is 0 Å². The van der Waals surface area contributed by atoms with E-state index in [9.17, 15) is 13.2 Å². The molecule has 7 nitrogen and oxygen atoms in total. The highest BCUT2D eigenvalue weighted by Gasteiger charge is 2.26. The van der Waals surface area contributed by atoms with Gasteiger partial charge in [0, 0.05) is 34.0 Å². The molecule has 0 fully saturated rings. The van der Waals surface area contributed by atoms with E-state index in [1.165, 1.54) is 0 Å². The summed E-state index contributed by atoms with van der Waals surface area (Å²) in [6.45, 7) is 1.80. The lowest BCUT2D eigenvalue weighted by Gasteiger charge is -2.11. The molecule has 5 N–H and O–H groups in total. The van der Waals surface area contributed by atoms with Crippen molar-refractivity contribution in [2.24, 2.45) is 0 Å². The van der Waals surface area contributed by atoms with Crippen molar-refractivity contribution in [2.75, 3.05) is 27.3 Å². The third-order valence-electron chi connectivity index (χ3n) is 3.68. The molecule has 1 aliphatic rings. The van der Waals surface area contributed by atoms with E-state index in [2.05, 4.69) is 15.4 Å². The lowest BCUT2D eigenvalue weighted by Crippen LogP contribution is -2.10. The summed E-state index contributed by atoms with van der Waals surface area (Å²) in [5.74, 6) is -0.194. The summed E-state index contributed by atoms with van der Waals surface area (Å²) in [7, 11) is -3.32. The van der Waals surface area contributed by atoms with E-state index in [0.717, 1.165) is 23.2 Å². The maximum absolute atomic E-state index is 12.3. The monoisotopic (exact) mass is 358 g/mol. The first-order chi connectivity index (χ1) is 11.7. The van der Waals surface area contributed by atoms with Crippen LogP contribution in [0.15, 0.2) is 48.2 Å². The highest BCUT2D eigenvalue weighted by molar-refractivity contribution is 7.92. The Morgan fingerprint density at radius 2 is 1.72 bits per heavy atom. The molecule has 3 rings (SSSR count). The molecule has 8 heteroatoms. The van der Waals surface area contributed by atoms with Crippen LogP contribution >= 0.6 is 0 Å². The number of hydrogen-bond acceptors (Lipinski definition) is 5. The molecule has 0 saturated carbocycles. The van der Waals surface area contributed by atoms with Gasteiger partial charge in [-0.25, -0.2) is 8.42 Å². The SMILES string of the molecule is C/C(Nc1ccc(NS(C)(=O)=O)cc1)=C1/C(=O)Nc2ccc(N)cc21.